The van der Waals surface area contributed by atoms with Crippen molar-refractivity contribution in [3.63, 3.8) is 0 Å². The van der Waals surface area contributed by atoms with E-state index < -0.39 is 4.92 Å². The number of nitrogens with zero attached hydrogens (tertiary/aromatic N) is 2. The number of nitrogens with two attached hydrogens (primary N) is 1. The van der Waals surface area contributed by atoms with Crippen LogP contribution in [0, 0.1) is 21.4 Å². The molecule has 5 nitrogen and oxygen atoms in total. The normalized spacial score (nSPS) is 11.5. The van der Waals surface area contributed by atoms with Crippen molar-refractivity contribution >= 4 is 11.4 Å². The second-order valence-corrected chi connectivity index (χ2v) is 3.56. The fourth-order valence-electron chi connectivity index (χ4n) is 1.46. The zero-order valence-electron chi connectivity index (χ0n) is 9.51. The smallest absolute Gasteiger partial charge is 0.270 e. The zero-order chi connectivity index (χ0) is 12.8. The number of nitriles is 1. The Hall–Kier alpha value is -2.35. The van der Waals surface area contributed by atoms with Crippen molar-refractivity contribution in [3.05, 3.63) is 45.5 Å². The topological polar surface area (TPSA) is 93.0 Å². The van der Waals surface area contributed by atoms with Gasteiger partial charge in [-0.05, 0) is 6.42 Å². The second kappa shape index (κ2) is 5.66. The van der Waals surface area contributed by atoms with Gasteiger partial charge in [-0.2, -0.15) is 5.26 Å². The van der Waals surface area contributed by atoms with Crippen LogP contribution in [0.3, 0.4) is 0 Å². The highest BCUT2D eigenvalue weighted by Crippen LogP contribution is 2.21. The van der Waals surface area contributed by atoms with Gasteiger partial charge in [-0.25, -0.2) is 0 Å². The number of allylic oxidation sites excluding steroid dienone is 1. The van der Waals surface area contributed by atoms with E-state index in [1.165, 1.54) is 12.1 Å². The SMILES string of the molecule is CCC/C(C#N)=C(/N)c1cccc([N+](=O)[O-])c1. The largest absolute Gasteiger partial charge is 0.397 e. The van der Waals surface area contributed by atoms with E-state index in [2.05, 4.69) is 0 Å². The highest BCUT2D eigenvalue weighted by molar-refractivity contribution is 5.70. The molecule has 88 valence electrons. The first-order valence-electron chi connectivity index (χ1n) is 5.23. The zero-order valence-corrected chi connectivity index (χ0v) is 9.51. The molecule has 17 heavy (non-hydrogen) atoms. The summed E-state index contributed by atoms with van der Waals surface area (Å²) < 4.78 is 0. The van der Waals surface area contributed by atoms with Gasteiger partial charge in [0.2, 0.25) is 0 Å². The van der Waals surface area contributed by atoms with E-state index in [1.807, 2.05) is 13.0 Å². The predicted molar refractivity (Wildman–Crippen MR) is 64.7 cm³/mol. The lowest BCUT2D eigenvalue weighted by Crippen LogP contribution is -2.01. The quantitative estimate of drug-likeness (QED) is 0.489. The Morgan fingerprint density at radius 3 is 2.82 bits per heavy atom. The van der Waals surface area contributed by atoms with Gasteiger partial charge in [0.05, 0.1) is 22.3 Å². The molecule has 0 aliphatic carbocycles. The third-order valence-corrected chi connectivity index (χ3v) is 2.33. The van der Waals surface area contributed by atoms with Gasteiger partial charge in [0, 0.05) is 17.7 Å². The molecule has 0 bridgehead atoms. The summed E-state index contributed by atoms with van der Waals surface area (Å²) in [6, 6.07) is 8.02. The first-order chi connectivity index (χ1) is 8.10. The van der Waals surface area contributed by atoms with Crippen LogP contribution in [0.15, 0.2) is 29.8 Å². The molecule has 1 aromatic rings. The number of nitro benzene ring substituents is 1. The van der Waals surface area contributed by atoms with Gasteiger partial charge >= 0.3 is 0 Å². The summed E-state index contributed by atoms with van der Waals surface area (Å²) in [5.41, 5.74) is 7.11. The molecule has 0 radical (unpaired) electrons. The molecular formula is C12H13N3O2. The van der Waals surface area contributed by atoms with Gasteiger partial charge in [-0.15, -0.1) is 0 Å². The Balaban J connectivity index is 3.20. The molecule has 1 rings (SSSR count). The first kappa shape index (κ1) is 12.7. The van der Waals surface area contributed by atoms with Crippen LogP contribution in [0.5, 0.6) is 0 Å². The van der Waals surface area contributed by atoms with Crippen LogP contribution in [0.2, 0.25) is 0 Å². The number of benzene rings is 1. The maximum atomic E-state index is 10.6. The molecule has 0 amide bonds. The van der Waals surface area contributed by atoms with E-state index in [1.54, 1.807) is 12.1 Å². The summed E-state index contributed by atoms with van der Waals surface area (Å²) in [6.45, 7) is 1.94. The lowest BCUT2D eigenvalue weighted by molar-refractivity contribution is -0.384. The number of non-ortho nitro benzene ring substituents is 1. The summed E-state index contributed by atoms with van der Waals surface area (Å²) in [7, 11) is 0. The molecule has 5 heteroatoms. The van der Waals surface area contributed by atoms with Gasteiger partial charge in [0.15, 0.2) is 0 Å². The lowest BCUT2D eigenvalue weighted by atomic mass is 10.0. The Morgan fingerprint density at radius 1 is 1.59 bits per heavy atom. The molecule has 0 atom stereocenters. The molecule has 2 N–H and O–H groups in total. The minimum absolute atomic E-state index is 0.0285. The number of rotatable bonds is 4. The van der Waals surface area contributed by atoms with Crippen molar-refractivity contribution in [2.24, 2.45) is 5.73 Å². The highest BCUT2D eigenvalue weighted by atomic mass is 16.6. The molecule has 0 aliphatic rings. The molecule has 0 heterocycles. The van der Waals surface area contributed by atoms with E-state index in [0.717, 1.165) is 6.42 Å². The standard InChI is InChI=1S/C12H13N3O2/c1-2-4-10(8-13)12(14)9-5-3-6-11(7-9)15(16)17/h3,5-7H,2,4,14H2,1H3/b12-10-. The van der Waals surface area contributed by atoms with Crippen molar-refractivity contribution in [1.82, 2.24) is 0 Å². The maximum absolute atomic E-state index is 10.6. The van der Waals surface area contributed by atoms with Gasteiger partial charge < -0.3 is 5.73 Å². The minimum atomic E-state index is -0.483. The molecule has 0 aromatic heterocycles. The first-order valence-corrected chi connectivity index (χ1v) is 5.23. The van der Waals surface area contributed by atoms with Gasteiger partial charge in [0.1, 0.15) is 0 Å². The van der Waals surface area contributed by atoms with Gasteiger partial charge in [0.25, 0.3) is 5.69 Å². The Kier molecular flexibility index (Phi) is 4.23. The number of hydrogen-bond donors (Lipinski definition) is 1. The third-order valence-electron chi connectivity index (χ3n) is 2.33. The summed E-state index contributed by atoms with van der Waals surface area (Å²) in [6.07, 6.45) is 1.38. The molecule has 1 aromatic carbocycles. The van der Waals surface area contributed by atoms with Gasteiger partial charge in [-0.3, -0.25) is 10.1 Å². The summed E-state index contributed by atoms with van der Waals surface area (Å²) in [4.78, 5) is 10.1. The Morgan fingerprint density at radius 2 is 2.29 bits per heavy atom. The lowest BCUT2D eigenvalue weighted by Gasteiger charge is -2.04. The Labute approximate surface area is 99.3 Å². The fourth-order valence-corrected chi connectivity index (χ4v) is 1.46. The van der Waals surface area contributed by atoms with Crippen LogP contribution in [0.25, 0.3) is 5.70 Å². The summed E-state index contributed by atoms with van der Waals surface area (Å²) in [5, 5.41) is 19.6. The summed E-state index contributed by atoms with van der Waals surface area (Å²) >= 11 is 0. The monoisotopic (exact) mass is 231 g/mol. The van der Waals surface area contributed by atoms with Crippen LogP contribution in [-0.2, 0) is 0 Å². The molecule has 0 spiro atoms. The molecule has 0 unspecified atom stereocenters. The molecule has 0 saturated heterocycles. The number of hydrogen-bond acceptors (Lipinski definition) is 4. The van der Waals surface area contributed by atoms with E-state index in [4.69, 9.17) is 11.0 Å². The van der Waals surface area contributed by atoms with Crippen molar-refractivity contribution in [3.8, 4) is 6.07 Å². The van der Waals surface area contributed by atoms with E-state index >= 15 is 0 Å². The average Bonchev–Trinajstić information content (AvgIpc) is 2.35. The fraction of sp³-hybridized carbons (Fsp3) is 0.250. The minimum Gasteiger partial charge on any atom is -0.397 e. The van der Waals surface area contributed by atoms with E-state index in [-0.39, 0.29) is 5.69 Å². The van der Waals surface area contributed by atoms with Crippen molar-refractivity contribution in [2.75, 3.05) is 0 Å². The molecular weight excluding hydrogens is 218 g/mol. The Bertz CT molecular complexity index is 501. The highest BCUT2D eigenvalue weighted by Gasteiger charge is 2.10. The van der Waals surface area contributed by atoms with Crippen LogP contribution in [0.1, 0.15) is 25.3 Å². The van der Waals surface area contributed by atoms with Crippen LogP contribution < -0.4 is 5.73 Å². The maximum Gasteiger partial charge on any atom is 0.270 e. The molecule has 0 saturated carbocycles. The van der Waals surface area contributed by atoms with Crippen molar-refractivity contribution in [2.45, 2.75) is 19.8 Å². The van der Waals surface area contributed by atoms with Crippen LogP contribution >= 0.6 is 0 Å². The number of nitro groups is 1. The van der Waals surface area contributed by atoms with Gasteiger partial charge in [-0.1, -0.05) is 25.5 Å². The molecule has 0 fully saturated rings. The predicted octanol–water partition coefficient (Wildman–Crippen LogP) is 2.59. The second-order valence-electron chi connectivity index (χ2n) is 3.56. The summed E-state index contributed by atoms with van der Waals surface area (Å²) in [5.74, 6) is 0. The third kappa shape index (κ3) is 3.05. The van der Waals surface area contributed by atoms with Crippen LogP contribution in [0.4, 0.5) is 5.69 Å². The van der Waals surface area contributed by atoms with Crippen LogP contribution in [-0.4, -0.2) is 4.92 Å². The van der Waals surface area contributed by atoms with Crippen molar-refractivity contribution in [1.29, 1.82) is 5.26 Å². The molecule has 0 aliphatic heterocycles. The average molecular weight is 231 g/mol. The van der Waals surface area contributed by atoms with Crippen molar-refractivity contribution < 1.29 is 4.92 Å². The van der Waals surface area contributed by atoms with E-state index in [0.29, 0.717) is 23.3 Å². The van der Waals surface area contributed by atoms with E-state index in [9.17, 15) is 10.1 Å².